The molecule has 1 amide bonds. The van der Waals surface area contributed by atoms with E-state index < -0.39 is 22.1 Å². The number of ether oxygens (including phenoxy) is 1. The van der Waals surface area contributed by atoms with Gasteiger partial charge in [0.25, 0.3) is 0 Å². The minimum absolute atomic E-state index is 0.0193. The number of hydrogen-bond acceptors (Lipinski definition) is 12. The van der Waals surface area contributed by atoms with E-state index in [1.165, 1.54) is 19.4 Å². The van der Waals surface area contributed by atoms with Gasteiger partial charge in [-0.3, -0.25) is 4.79 Å². The fourth-order valence-corrected chi connectivity index (χ4v) is 7.41. The van der Waals surface area contributed by atoms with Gasteiger partial charge in [-0.1, -0.05) is 6.58 Å². The van der Waals surface area contributed by atoms with Crippen LogP contribution in [-0.4, -0.2) is 108 Å². The number of fused-ring (bicyclic) bond motifs is 1. The summed E-state index contributed by atoms with van der Waals surface area (Å²) in [6.07, 6.45) is 6.42. The quantitative estimate of drug-likeness (QED) is 0.349. The maximum atomic E-state index is 14.5. The summed E-state index contributed by atoms with van der Waals surface area (Å²) in [5, 5.41) is 14.0. The zero-order valence-electron chi connectivity index (χ0n) is 24.8. The normalized spacial score (nSPS) is 22.7. The first kappa shape index (κ1) is 30.1. The Morgan fingerprint density at radius 2 is 1.95 bits per heavy atom. The molecule has 234 valence electrons. The summed E-state index contributed by atoms with van der Waals surface area (Å²) >= 11 is 0. The van der Waals surface area contributed by atoms with Crippen LogP contribution in [-0.2, 0) is 19.4 Å². The van der Waals surface area contributed by atoms with E-state index in [0.29, 0.717) is 61.7 Å². The van der Waals surface area contributed by atoms with Crippen molar-refractivity contribution in [2.75, 3.05) is 67.0 Å². The van der Waals surface area contributed by atoms with Gasteiger partial charge in [0, 0.05) is 68.6 Å². The standard InChI is InChI=1S/C29H36FN9O4S/c1-4-26(40)39-10-5-6-22(39)27-19-12-25(32-13-20(19)28(36-35-27)38-14-18(15-38)17-44(3,41)42)33-24-7-9-31-29(34-24)37-11-8-23(43-2)21(30)16-37/h4,7,9,12-13,18,21-23H,1,5-6,8,10-11,14-17H2,2-3H3,(H,31,32,33,34)/t21-,22?,23+/m0/s1. The molecule has 1 N–H and O–H groups in total. The van der Waals surface area contributed by atoms with Crippen molar-refractivity contribution in [3.63, 3.8) is 0 Å². The van der Waals surface area contributed by atoms with Crippen LogP contribution in [0.1, 0.15) is 31.0 Å². The van der Waals surface area contributed by atoms with Gasteiger partial charge in [-0.05, 0) is 37.5 Å². The zero-order chi connectivity index (χ0) is 31.0. The van der Waals surface area contributed by atoms with Crippen LogP contribution in [0.5, 0.6) is 0 Å². The van der Waals surface area contributed by atoms with Crippen molar-refractivity contribution >= 4 is 49.9 Å². The fourth-order valence-electron chi connectivity index (χ4n) is 6.34. The van der Waals surface area contributed by atoms with Crippen molar-refractivity contribution in [3.8, 4) is 0 Å². The first-order valence-electron chi connectivity index (χ1n) is 14.7. The highest BCUT2D eigenvalue weighted by atomic mass is 32.2. The van der Waals surface area contributed by atoms with Crippen LogP contribution in [0, 0.1) is 5.92 Å². The van der Waals surface area contributed by atoms with Crippen molar-refractivity contribution in [1.82, 2.24) is 30.0 Å². The van der Waals surface area contributed by atoms with E-state index in [1.807, 2.05) is 11.0 Å². The number of nitrogens with zero attached hydrogens (tertiary/aromatic N) is 8. The van der Waals surface area contributed by atoms with Gasteiger partial charge < -0.3 is 24.8 Å². The van der Waals surface area contributed by atoms with Gasteiger partial charge in [0.2, 0.25) is 11.9 Å². The maximum Gasteiger partial charge on any atom is 0.246 e. The Bertz CT molecular complexity index is 1670. The number of aromatic nitrogens is 5. The summed E-state index contributed by atoms with van der Waals surface area (Å²) in [5.74, 6) is 2.00. The van der Waals surface area contributed by atoms with Crippen molar-refractivity contribution in [3.05, 3.63) is 42.9 Å². The molecule has 15 heteroatoms. The van der Waals surface area contributed by atoms with E-state index in [-0.39, 0.29) is 30.2 Å². The highest BCUT2D eigenvalue weighted by Gasteiger charge is 2.35. The second kappa shape index (κ2) is 12.2. The molecular weight excluding hydrogens is 589 g/mol. The molecule has 3 aromatic rings. The van der Waals surface area contributed by atoms with Crippen molar-refractivity contribution in [1.29, 1.82) is 0 Å². The Kier molecular flexibility index (Phi) is 8.33. The van der Waals surface area contributed by atoms with Crippen molar-refractivity contribution in [2.24, 2.45) is 5.92 Å². The molecule has 3 atom stereocenters. The van der Waals surface area contributed by atoms with Gasteiger partial charge in [0.05, 0.1) is 30.1 Å². The summed E-state index contributed by atoms with van der Waals surface area (Å²) in [7, 11) is -1.57. The zero-order valence-corrected chi connectivity index (χ0v) is 25.6. The number of amides is 1. The molecule has 0 bridgehead atoms. The summed E-state index contributed by atoms with van der Waals surface area (Å²) in [5.41, 5.74) is 0.661. The summed E-state index contributed by atoms with van der Waals surface area (Å²) in [4.78, 5) is 31.9. The number of pyridine rings is 1. The molecule has 3 aliphatic rings. The minimum atomic E-state index is -3.09. The highest BCUT2D eigenvalue weighted by Crippen LogP contribution is 2.39. The average molecular weight is 626 g/mol. The predicted molar refractivity (Wildman–Crippen MR) is 164 cm³/mol. The van der Waals surface area contributed by atoms with Crippen molar-refractivity contribution in [2.45, 2.75) is 37.6 Å². The first-order chi connectivity index (χ1) is 21.1. The SMILES string of the molecule is C=CC(=O)N1CCCC1c1nnc(N2CC(CS(C)(=O)=O)C2)c2cnc(Nc3ccnc(N4CC[C@@H](OC)[C@@H](F)C4)n3)cc12. The van der Waals surface area contributed by atoms with Gasteiger partial charge in [-0.2, -0.15) is 10.1 Å². The van der Waals surface area contributed by atoms with Crippen LogP contribution in [0.4, 0.5) is 27.8 Å². The summed E-state index contributed by atoms with van der Waals surface area (Å²) in [6, 6.07) is 3.31. The number of piperidine rings is 1. The maximum absolute atomic E-state index is 14.5. The minimum Gasteiger partial charge on any atom is -0.378 e. The molecule has 44 heavy (non-hydrogen) atoms. The van der Waals surface area contributed by atoms with E-state index in [9.17, 15) is 17.6 Å². The summed E-state index contributed by atoms with van der Waals surface area (Å²) in [6.45, 7) is 6.07. The largest absolute Gasteiger partial charge is 0.378 e. The van der Waals surface area contributed by atoms with Gasteiger partial charge >= 0.3 is 0 Å². The van der Waals surface area contributed by atoms with Crippen LogP contribution in [0.15, 0.2) is 37.2 Å². The van der Waals surface area contributed by atoms with Crippen LogP contribution < -0.4 is 15.1 Å². The molecule has 13 nitrogen and oxygen atoms in total. The van der Waals surface area contributed by atoms with Gasteiger partial charge in [-0.15, -0.1) is 5.10 Å². The Morgan fingerprint density at radius 1 is 1.14 bits per heavy atom. The Balaban J connectivity index is 1.31. The predicted octanol–water partition coefficient (Wildman–Crippen LogP) is 2.45. The second-order valence-corrected chi connectivity index (χ2v) is 13.9. The summed E-state index contributed by atoms with van der Waals surface area (Å²) < 4.78 is 43.4. The molecular formula is C29H36FN9O4S. The lowest BCUT2D eigenvalue weighted by molar-refractivity contribution is -0.126. The van der Waals surface area contributed by atoms with E-state index in [1.54, 1.807) is 28.3 Å². The van der Waals surface area contributed by atoms with E-state index >= 15 is 0 Å². The van der Waals surface area contributed by atoms with Crippen LogP contribution in [0.2, 0.25) is 0 Å². The molecule has 1 unspecified atom stereocenters. The lowest BCUT2D eigenvalue weighted by Crippen LogP contribution is -2.50. The molecule has 3 aliphatic heterocycles. The van der Waals surface area contributed by atoms with E-state index in [0.717, 1.165) is 23.6 Å². The Morgan fingerprint density at radius 3 is 2.68 bits per heavy atom. The average Bonchev–Trinajstić information content (AvgIpc) is 3.47. The number of halogens is 1. The van der Waals surface area contributed by atoms with Crippen molar-refractivity contribution < 1.29 is 22.3 Å². The van der Waals surface area contributed by atoms with E-state index in [2.05, 4.69) is 37.0 Å². The molecule has 0 aromatic carbocycles. The molecule has 0 saturated carbocycles. The molecule has 0 aliphatic carbocycles. The lowest BCUT2D eigenvalue weighted by atomic mass is 10.0. The number of carbonyl (C=O) groups is 1. The monoisotopic (exact) mass is 625 g/mol. The number of carbonyl (C=O) groups excluding carboxylic acids is 1. The number of alkyl halides is 1. The molecule has 0 spiro atoms. The number of methoxy groups -OCH3 is 1. The molecule has 0 radical (unpaired) electrons. The number of hydrogen-bond donors (Lipinski definition) is 1. The number of sulfone groups is 1. The third kappa shape index (κ3) is 6.15. The molecule has 6 heterocycles. The Hall–Kier alpha value is -3.98. The van der Waals surface area contributed by atoms with Crippen LogP contribution >= 0.6 is 0 Å². The number of nitrogens with one attached hydrogen (secondary N) is 1. The topological polar surface area (TPSA) is 147 Å². The molecule has 3 fully saturated rings. The molecule has 6 rings (SSSR count). The second-order valence-electron chi connectivity index (χ2n) is 11.7. The third-order valence-electron chi connectivity index (χ3n) is 8.46. The molecule has 3 aromatic heterocycles. The molecule has 3 saturated heterocycles. The smallest absolute Gasteiger partial charge is 0.246 e. The van der Waals surface area contributed by atoms with Gasteiger partial charge in [0.15, 0.2) is 5.82 Å². The first-order valence-corrected chi connectivity index (χ1v) is 16.7. The van der Waals surface area contributed by atoms with E-state index in [4.69, 9.17) is 4.74 Å². The van der Waals surface area contributed by atoms with Gasteiger partial charge in [-0.25, -0.2) is 22.8 Å². The third-order valence-corrected chi connectivity index (χ3v) is 9.54. The van der Waals surface area contributed by atoms with Gasteiger partial charge in [0.1, 0.15) is 27.6 Å². The number of likely N-dealkylation sites (tertiary alicyclic amines) is 1. The number of anilines is 4. The number of rotatable bonds is 9. The fraction of sp³-hybridized carbons (Fsp3) is 0.517. The lowest BCUT2D eigenvalue weighted by Gasteiger charge is -2.40. The van der Waals surface area contributed by atoms with Crippen LogP contribution in [0.25, 0.3) is 10.8 Å². The highest BCUT2D eigenvalue weighted by molar-refractivity contribution is 7.90. The van der Waals surface area contributed by atoms with Crippen LogP contribution in [0.3, 0.4) is 0 Å². The Labute approximate surface area is 255 Å².